The molecule has 0 fully saturated rings. The quantitative estimate of drug-likeness (QED) is 0.922. The average Bonchev–Trinajstić information content (AvgIpc) is 2.37. The molecule has 2 rings (SSSR count). The number of hydrogen-bond donors (Lipinski definition) is 1. The molecule has 0 saturated carbocycles. The Morgan fingerprint density at radius 3 is 2.94 bits per heavy atom. The molecule has 0 radical (unpaired) electrons. The number of pyridine rings is 2. The number of rotatable bonds is 5. The highest BCUT2D eigenvalue weighted by molar-refractivity contribution is 9.10. The first-order valence-electron chi connectivity index (χ1n) is 5.72. The van der Waals surface area contributed by atoms with Crippen molar-refractivity contribution in [2.45, 2.75) is 13.5 Å². The lowest BCUT2D eigenvalue weighted by Gasteiger charge is -2.07. The molecule has 1 N–H and O–H groups in total. The van der Waals surface area contributed by atoms with Gasteiger partial charge in [0.25, 0.3) is 0 Å². The molecule has 2 aromatic heterocycles. The minimum atomic E-state index is 0.699. The molecular weight excluding hydrogens is 294 g/mol. The van der Waals surface area contributed by atoms with Gasteiger partial charge in [0.1, 0.15) is 11.5 Å². The van der Waals surface area contributed by atoms with E-state index in [1.165, 1.54) is 0 Å². The molecule has 0 amide bonds. The first-order valence-corrected chi connectivity index (χ1v) is 6.51. The summed E-state index contributed by atoms with van der Waals surface area (Å²) in [4.78, 5) is 8.32. The minimum absolute atomic E-state index is 0.699. The number of aromatic nitrogens is 2. The molecule has 0 bridgehead atoms. The van der Waals surface area contributed by atoms with Gasteiger partial charge in [-0.15, -0.1) is 0 Å². The summed E-state index contributed by atoms with van der Waals surface area (Å²) in [6.07, 6.45) is 5.14. The van der Waals surface area contributed by atoms with E-state index in [1.54, 1.807) is 18.6 Å². The molecule has 94 valence electrons. The maximum atomic E-state index is 5.72. The van der Waals surface area contributed by atoms with E-state index in [0.29, 0.717) is 5.75 Å². The number of ether oxygens (including phenoxy) is 1. The van der Waals surface area contributed by atoms with Crippen LogP contribution in [-0.4, -0.2) is 16.5 Å². The fraction of sp³-hybridized carbons (Fsp3) is 0.231. The van der Waals surface area contributed by atoms with E-state index in [4.69, 9.17) is 4.74 Å². The van der Waals surface area contributed by atoms with Crippen molar-refractivity contribution in [2.24, 2.45) is 0 Å². The second-order valence-corrected chi connectivity index (χ2v) is 4.62. The van der Waals surface area contributed by atoms with Gasteiger partial charge < -0.3 is 10.1 Å². The van der Waals surface area contributed by atoms with Crippen molar-refractivity contribution in [3.05, 3.63) is 47.0 Å². The zero-order valence-electron chi connectivity index (χ0n) is 10.1. The Hall–Kier alpha value is -1.46. The van der Waals surface area contributed by atoms with E-state index >= 15 is 0 Å². The summed E-state index contributed by atoms with van der Waals surface area (Å²) in [7, 11) is 0. The van der Waals surface area contributed by atoms with Crippen LogP contribution in [0.5, 0.6) is 11.5 Å². The van der Waals surface area contributed by atoms with Crippen LogP contribution >= 0.6 is 15.9 Å². The molecule has 4 nitrogen and oxygen atoms in total. The van der Waals surface area contributed by atoms with Crippen molar-refractivity contribution in [1.29, 1.82) is 0 Å². The predicted octanol–water partition coefficient (Wildman–Crippen LogP) is 3.14. The van der Waals surface area contributed by atoms with Gasteiger partial charge in [0.05, 0.1) is 11.9 Å². The summed E-state index contributed by atoms with van der Waals surface area (Å²) in [6, 6.07) is 5.62. The third-order valence-corrected chi connectivity index (χ3v) is 2.69. The number of halogens is 1. The molecule has 2 aromatic rings. The molecule has 0 spiro atoms. The summed E-state index contributed by atoms with van der Waals surface area (Å²) >= 11 is 3.36. The minimum Gasteiger partial charge on any atom is -0.456 e. The Labute approximate surface area is 115 Å². The summed E-state index contributed by atoms with van der Waals surface area (Å²) in [5.74, 6) is 1.46. The predicted molar refractivity (Wildman–Crippen MR) is 73.6 cm³/mol. The van der Waals surface area contributed by atoms with Gasteiger partial charge >= 0.3 is 0 Å². The van der Waals surface area contributed by atoms with Gasteiger partial charge in [-0.05, 0) is 34.6 Å². The Kier molecular flexibility index (Phi) is 4.66. The number of nitrogens with zero attached hydrogens (tertiary/aromatic N) is 2. The van der Waals surface area contributed by atoms with Gasteiger partial charge in [-0.2, -0.15) is 0 Å². The fourth-order valence-corrected chi connectivity index (χ4v) is 1.80. The van der Waals surface area contributed by atoms with Gasteiger partial charge in [-0.25, -0.2) is 0 Å². The molecular formula is C13H14BrN3O. The van der Waals surface area contributed by atoms with Crippen molar-refractivity contribution >= 4 is 15.9 Å². The molecule has 2 heterocycles. The van der Waals surface area contributed by atoms with Crippen molar-refractivity contribution in [3.63, 3.8) is 0 Å². The van der Waals surface area contributed by atoms with Gasteiger partial charge in [0, 0.05) is 29.5 Å². The van der Waals surface area contributed by atoms with Crippen molar-refractivity contribution in [2.75, 3.05) is 6.54 Å². The van der Waals surface area contributed by atoms with Crippen LogP contribution in [-0.2, 0) is 6.54 Å². The molecule has 0 aliphatic rings. The van der Waals surface area contributed by atoms with Crippen molar-refractivity contribution < 1.29 is 4.74 Å². The van der Waals surface area contributed by atoms with E-state index < -0.39 is 0 Å². The SMILES string of the molecule is CCNCc1cc(Oc2cncc(Br)c2)ccn1. The molecule has 18 heavy (non-hydrogen) atoms. The summed E-state index contributed by atoms with van der Waals surface area (Å²) in [6.45, 7) is 3.72. The van der Waals surface area contributed by atoms with Crippen LogP contribution in [0.1, 0.15) is 12.6 Å². The maximum Gasteiger partial charge on any atom is 0.146 e. The fourth-order valence-electron chi connectivity index (χ4n) is 1.45. The van der Waals surface area contributed by atoms with Crippen LogP contribution in [0, 0.1) is 0 Å². The second kappa shape index (κ2) is 6.47. The Morgan fingerprint density at radius 1 is 1.28 bits per heavy atom. The van der Waals surface area contributed by atoms with Gasteiger partial charge in [0.15, 0.2) is 0 Å². The van der Waals surface area contributed by atoms with Crippen LogP contribution in [0.15, 0.2) is 41.3 Å². The van der Waals surface area contributed by atoms with E-state index in [0.717, 1.165) is 29.0 Å². The van der Waals surface area contributed by atoms with Crippen LogP contribution in [0.25, 0.3) is 0 Å². The van der Waals surface area contributed by atoms with E-state index in [2.05, 4.69) is 38.1 Å². The number of nitrogens with one attached hydrogen (secondary N) is 1. The van der Waals surface area contributed by atoms with Crippen LogP contribution in [0.4, 0.5) is 0 Å². The largest absolute Gasteiger partial charge is 0.456 e. The van der Waals surface area contributed by atoms with Gasteiger partial charge in [-0.1, -0.05) is 6.92 Å². The van der Waals surface area contributed by atoms with Crippen LogP contribution < -0.4 is 10.1 Å². The van der Waals surface area contributed by atoms with Gasteiger partial charge in [-0.3, -0.25) is 9.97 Å². The van der Waals surface area contributed by atoms with Crippen molar-refractivity contribution in [1.82, 2.24) is 15.3 Å². The standard InChI is InChI=1S/C13H14BrN3O/c1-2-15-8-11-6-12(3-4-17-11)18-13-5-10(14)7-16-9-13/h3-7,9,15H,2,8H2,1H3. The lowest BCUT2D eigenvalue weighted by Crippen LogP contribution is -2.12. The topological polar surface area (TPSA) is 47.0 Å². The highest BCUT2D eigenvalue weighted by Gasteiger charge is 2.01. The van der Waals surface area contributed by atoms with Crippen LogP contribution in [0.3, 0.4) is 0 Å². The molecule has 0 atom stereocenters. The smallest absolute Gasteiger partial charge is 0.146 e. The Morgan fingerprint density at radius 2 is 2.17 bits per heavy atom. The monoisotopic (exact) mass is 307 g/mol. The highest BCUT2D eigenvalue weighted by atomic mass is 79.9. The third-order valence-electron chi connectivity index (χ3n) is 2.26. The van der Waals surface area contributed by atoms with E-state index in [-0.39, 0.29) is 0 Å². The molecule has 0 saturated heterocycles. The molecule has 0 aliphatic carbocycles. The second-order valence-electron chi connectivity index (χ2n) is 3.70. The zero-order valence-corrected chi connectivity index (χ0v) is 11.6. The van der Waals surface area contributed by atoms with Crippen molar-refractivity contribution in [3.8, 4) is 11.5 Å². The highest BCUT2D eigenvalue weighted by Crippen LogP contribution is 2.23. The first-order chi connectivity index (χ1) is 8.78. The summed E-state index contributed by atoms with van der Waals surface area (Å²) in [5, 5.41) is 3.23. The maximum absolute atomic E-state index is 5.72. The lowest BCUT2D eigenvalue weighted by molar-refractivity contribution is 0.477. The normalized spacial score (nSPS) is 10.3. The Balaban J connectivity index is 2.09. The van der Waals surface area contributed by atoms with E-state index in [9.17, 15) is 0 Å². The summed E-state index contributed by atoms with van der Waals surface area (Å²) in [5.41, 5.74) is 0.956. The Bertz CT molecular complexity index is 519. The van der Waals surface area contributed by atoms with Gasteiger partial charge in [0.2, 0.25) is 0 Å². The zero-order chi connectivity index (χ0) is 12.8. The average molecular weight is 308 g/mol. The molecule has 0 aromatic carbocycles. The third kappa shape index (κ3) is 3.78. The number of hydrogen-bond acceptors (Lipinski definition) is 4. The summed E-state index contributed by atoms with van der Waals surface area (Å²) < 4.78 is 6.61. The molecule has 0 aliphatic heterocycles. The van der Waals surface area contributed by atoms with Crippen LogP contribution in [0.2, 0.25) is 0 Å². The van der Waals surface area contributed by atoms with E-state index in [1.807, 2.05) is 18.2 Å². The lowest BCUT2D eigenvalue weighted by atomic mass is 10.3. The molecule has 0 unspecified atom stereocenters. The first kappa shape index (κ1) is 13.0. The molecule has 5 heteroatoms.